The third kappa shape index (κ3) is 3.85. The van der Waals surface area contributed by atoms with Gasteiger partial charge in [0, 0.05) is 18.0 Å². The average Bonchev–Trinajstić information content (AvgIpc) is 2.70. The van der Waals surface area contributed by atoms with Crippen LogP contribution in [0.3, 0.4) is 0 Å². The lowest BCUT2D eigenvalue weighted by Crippen LogP contribution is -2.24. The predicted octanol–water partition coefficient (Wildman–Crippen LogP) is 3.89. The fraction of sp³-hybridized carbons (Fsp3) is 0.200. The molecule has 0 aliphatic rings. The lowest BCUT2D eigenvalue weighted by molar-refractivity contribution is 0.262. The zero-order chi connectivity index (χ0) is 20.1. The van der Waals surface area contributed by atoms with Crippen molar-refractivity contribution in [1.29, 1.82) is 0 Å². The van der Waals surface area contributed by atoms with Gasteiger partial charge in [-0.15, -0.1) is 0 Å². The lowest BCUT2D eigenvalue weighted by Gasteiger charge is -2.15. The van der Waals surface area contributed by atoms with Gasteiger partial charge in [0.2, 0.25) is 0 Å². The van der Waals surface area contributed by atoms with Crippen LogP contribution in [0.4, 0.5) is 21.9 Å². The molecule has 146 valence electrons. The number of carbonyl (C=O) groups excluding carboxylic acids is 1. The van der Waals surface area contributed by atoms with Crippen LogP contribution in [0.15, 0.2) is 51.7 Å². The summed E-state index contributed by atoms with van der Waals surface area (Å²) in [6.07, 6.45) is 0. The maximum absolute atomic E-state index is 12.6. The Kier molecular flexibility index (Phi) is 5.69. The smallest absolute Gasteiger partial charge is 0.362 e. The Balaban J connectivity index is 1.94. The highest BCUT2D eigenvalue weighted by Gasteiger charge is 2.17. The van der Waals surface area contributed by atoms with E-state index in [1.165, 1.54) is 14.2 Å². The normalized spacial score (nSPS) is 10.4. The molecule has 1 aromatic heterocycles. The molecule has 0 bridgehead atoms. The molecule has 0 aliphatic carbocycles. The number of amides is 2. The molecular formula is C20H21N3O5. The lowest BCUT2D eigenvalue weighted by atomic mass is 10.2. The number of urea groups is 1. The summed E-state index contributed by atoms with van der Waals surface area (Å²) in [7, 11) is 3.01. The van der Waals surface area contributed by atoms with E-state index in [-0.39, 0.29) is 5.69 Å². The molecule has 3 aromatic rings. The summed E-state index contributed by atoms with van der Waals surface area (Å²) in [4.78, 5) is 25.0. The molecule has 0 unspecified atom stereocenters. The summed E-state index contributed by atoms with van der Waals surface area (Å²) in [5, 5.41) is 9.06. The molecule has 3 N–H and O–H groups in total. The summed E-state index contributed by atoms with van der Waals surface area (Å²) in [5.41, 5.74) is 0.711. The quantitative estimate of drug-likeness (QED) is 0.558. The summed E-state index contributed by atoms with van der Waals surface area (Å²) in [5.74, 6) is 1.00. The van der Waals surface area contributed by atoms with Crippen LogP contribution in [-0.2, 0) is 0 Å². The highest BCUT2D eigenvalue weighted by molar-refractivity contribution is 6.06. The Hall–Kier alpha value is -3.68. The molecule has 28 heavy (non-hydrogen) atoms. The van der Waals surface area contributed by atoms with Gasteiger partial charge >= 0.3 is 11.7 Å². The first-order valence-corrected chi connectivity index (χ1v) is 8.67. The van der Waals surface area contributed by atoms with Crippen molar-refractivity contribution in [2.24, 2.45) is 0 Å². The molecule has 8 nitrogen and oxygen atoms in total. The van der Waals surface area contributed by atoms with Gasteiger partial charge in [0.25, 0.3) is 0 Å². The number of hydrogen-bond acceptors (Lipinski definition) is 6. The number of anilines is 3. The predicted molar refractivity (Wildman–Crippen MR) is 109 cm³/mol. The first kappa shape index (κ1) is 19.1. The molecule has 1 heterocycles. The maximum atomic E-state index is 12.6. The molecule has 2 aromatic carbocycles. The Morgan fingerprint density at radius 2 is 1.82 bits per heavy atom. The second kappa shape index (κ2) is 8.34. The number of para-hydroxylation sites is 1. The standard InChI is InChI=1S/C20H21N3O5/c1-4-21-17-13-7-5-6-8-15(13)28-19(24)18(17)23-20(25)22-14-11-12(26-2)9-10-16(14)27-3/h5-11,21H,4H2,1-3H3,(H2,22,23,25). The Morgan fingerprint density at radius 1 is 1.04 bits per heavy atom. The molecule has 2 amide bonds. The molecule has 0 fully saturated rings. The number of nitrogens with one attached hydrogen (secondary N) is 3. The van der Waals surface area contributed by atoms with Gasteiger partial charge in [-0.2, -0.15) is 0 Å². The van der Waals surface area contributed by atoms with Crippen LogP contribution in [0.1, 0.15) is 6.92 Å². The van der Waals surface area contributed by atoms with Crippen molar-refractivity contribution in [3.63, 3.8) is 0 Å². The summed E-state index contributed by atoms with van der Waals surface area (Å²) >= 11 is 0. The molecule has 0 spiro atoms. The highest BCUT2D eigenvalue weighted by atomic mass is 16.5. The fourth-order valence-electron chi connectivity index (χ4n) is 2.80. The van der Waals surface area contributed by atoms with Gasteiger partial charge in [-0.05, 0) is 31.2 Å². The van der Waals surface area contributed by atoms with Gasteiger partial charge in [0.1, 0.15) is 17.1 Å². The minimum atomic E-state index is -0.651. The van der Waals surface area contributed by atoms with Crippen molar-refractivity contribution in [3.05, 3.63) is 52.9 Å². The second-order valence-corrected chi connectivity index (χ2v) is 5.81. The van der Waals surface area contributed by atoms with E-state index in [0.717, 1.165) is 0 Å². The van der Waals surface area contributed by atoms with Crippen LogP contribution in [0, 0.1) is 0 Å². The molecule has 0 saturated heterocycles. The van der Waals surface area contributed by atoms with Crippen molar-refractivity contribution < 1.29 is 18.7 Å². The Morgan fingerprint density at radius 3 is 2.54 bits per heavy atom. The molecule has 0 aliphatic heterocycles. The fourth-order valence-corrected chi connectivity index (χ4v) is 2.80. The van der Waals surface area contributed by atoms with E-state index in [4.69, 9.17) is 13.9 Å². The number of ether oxygens (including phenoxy) is 2. The van der Waals surface area contributed by atoms with Crippen LogP contribution >= 0.6 is 0 Å². The van der Waals surface area contributed by atoms with Crippen molar-refractivity contribution in [2.45, 2.75) is 6.92 Å². The van der Waals surface area contributed by atoms with E-state index in [9.17, 15) is 9.59 Å². The van der Waals surface area contributed by atoms with Gasteiger partial charge in [-0.25, -0.2) is 9.59 Å². The van der Waals surface area contributed by atoms with E-state index in [1.807, 2.05) is 19.1 Å². The van der Waals surface area contributed by atoms with E-state index in [1.54, 1.807) is 30.3 Å². The van der Waals surface area contributed by atoms with Crippen molar-refractivity contribution in [1.82, 2.24) is 0 Å². The van der Waals surface area contributed by atoms with Crippen LogP contribution in [0.5, 0.6) is 11.5 Å². The van der Waals surface area contributed by atoms with E-state index < -0.39 is 11.7 Å². The van der Waals surface area contributed by atoms with Crippen molar-refractivity contribution in [2.75, 3.05) is 36.7 Å². The maximum Gasteiger partial charge on any atom is 0.362 e. The topological polar surface area (TPSA) is 102 Å². The van der Waals surface area contributed by atoms with Gasteiger partial charge in [-0.3, -0.25) is 5.32 Å². The molecule has 0 saturated carbocycles. The average molecular weight is 383 g/mol. The first-order valence-electron chi connectivity index (χ1n) is 8.67. The molecule has 3 rings (SSSR count). The summed E-state index contributed by atoms with van der Waals surface area (Å²) < 4.78 is 15.7. The minimum absolute atomic E-state index is 0.0277. The number of carbonyl (C=O) groups is 1. The SMILES string of the molecule is CCNc1c(NC(=O)Nc2cc(OC)ccc2OC)c(=O)oc2ccccc12. The summed E-state index contributed by atoms with van der Waals surface area (Å²) in [6, 6.07) is 11.5. The van der Waals surface area contributed by atoms with Crippen molar-refractivity contribution >= 4 is 34.1 Å². The van der Waals surface area contributed by atoms with Crippen LogP contribution in [0.25, 0.3) is 11.0 Å². The molecule has 8 heteroatoms. The van der Waals surface area contributed by atoms with E-state index in [0.29, 0.717) is 40.4 Å². The third-order valence-corrected chi connectivity index (χ3v) is 4.06. The van der Waals surface area contributed by atoms with Gasteiger partial charge in [-0.1, -0.05) is 12.1 Å². The Bertz CT molecular complexity index is 1060. The summed E-state index contributed by atoms with van der Waals surface area (Å²) in [6.45, 7) is 2.46. The second-order valence-electron chi connectivity index (χ2n) is 5.81. The Labute approximate surface area is 161 Å². The van der Waals surface area contributed by atoms with Crippen LogP contribution < -0.4 is 31.0 Å². The zero-order valence-corrected chi connectivity index (χ0v) is 15.8. The molecule has 0 radical (unpaired) electrons. The van der Waals surface area contributed by atoms with Gasteiger partial charge in [0.05, 0.1) is 25.6 Å². The van der Waals surface area contributed by atoms with Crippen molar-refractivity contribution in [3.8, 4) is 11.5 Å². The number of methoxy groups -OCH3 is 2. The largest absolute Gasteiger partial charge is 0.497 e. The number of benzene rings is 2. The monoisotopic (exact) mass is 383 g/mol. The van der Waals surface area contributed by atoms with E-state index in [2.05, 4.69) is 16.0 Å². The number of rotatable bonds is 6. The third-order valence-electron chi connectivity index (χ3n) is 4.06. The minimum Gasteiger partial charge on any atom is -0.497 e. The van der Waals surface area contributed by atoms with Crippen LogP contribution in [-0.4, -0.2) is 26.8 Å². The molecular weight excluding hydrogens is 362 g/mol. The molecule has 0 atom stereocenters. The van der Waals surface area contributed by atoms with Gasteiger partial charge < -0.3 is 24.5 Å². The number of fused-ring (bicyclic) bond motifs is 1. The number of hydrogen-bond donors (Lipinski definition) is 3. The highest BCUT2D eigenvalue weighted by Crippen LogP contribution is 2.30. The first-order chi connectivity index (χ1) is 13.6. The van der Waals surface area contributed by atoms with Gasteiger partial charge in [0.15, 0.2) is 5.69 Å². The van der Waals surface area contributed by atoms with Crippen LogP contribution in [0.2, 0.25) is 0 Å². The zero-order valence-electron chi connectivity index (χ0n) is 15.8. The van der Waals surface area contributed by atoms with E-state index >= 15 is 0 Å².